The summed E-state index contributed by atoms with van der Waals surface area (Å²) < 4.78 is 27.6. The number of benzene rings is 2. The van der Waals surface area contributed by atoms with Gasteiger partial charge in [-0.05, 0) is 47.8 Å². The highest BCUT2D eigenvalue weighted by Crippen LogP contribution is 2.18. The molecule has 0 aliphatic rings. The number of rotatable bonds is 6. The summed E-state index contributed by atoms with van der Waals surface area (Å²) in [6.07, 6.45) is 0. The highest BCUT2D eigenvalue weighted by Gasteiger charge is 2.16. The Morgan fingerprint density at radius 2 is 1.83 bits per heavy atom. The lowest BCUT2D eigenvalue weighted by atomic mass is 10.2. The Morgan fingerprint density at radius 3 is 2.62 bits per heavy atom. The fraction of sp³-hybridized carbons (Fsp3) is 0.0526. The third-order valence-corrected chi connectivity index (χ3v) is 6.47. The maximum Gasteiger partial charge on any atom is 0.323 e. The normalized spacial score (nSPS) is 11.6. The molecule has 2 aromatic carbocycles. The Bertz CT molecular complexity index is 1340. The Balaban J connectivity index is 1.52. The minimum atomic E-state index is -3.76. The molecule has 0 fully saturated rings. The quantitative estimate of drug-likeness (QED) is 0.377. The van der Waals surface area contributed by atoms with E-state index in [0.717, 1.165) is 4.88 Å². The monoisotopic (exact) mass is 428 g/mol. The van der Waals surface area contributed by atoms with Gasteiger partial charge in [0.1, 0.15) is 0 Å². The first kappa shape index (κ1) is 19.1. The van der Waals surface area contributed by atoms with Crippen molar-refractivity contribution < 1.29 is 13.2 Å². The lowest BCUT2D eigenvalue weighted by Gasteiger charge is -2.09. The van der Waals surface area contributed by atoms with Crippen molar-refractivity contribution in [3.05, 3.63) is 80.9 Å². The second kappa shape index (κ2) is 7.66. The number of hydrogen-bond donors (Lipinski definition) is 4. The first-order valence-electron chi connectivity index (χ1n) is 8.56. The fourth-order valence-corrected chi connectivity index (χ4v) is 4.57. The van der Waals surface area contributed by atoms with Gasteiger partial charge in [-0.15, -0.1) is 11.3 Å². The van der Waals surface area contributed by atoms with Crippen molar-refractivity contribution in [2.24, 2.45) is 0 Å². The van der Waals surface area contributed by atoms with Gasteiger partial charge in [-0.25, -0.2) is 17.9 Å². The number of aromatic nitrogens is 2. The van der Waals surface area contributed by atoms with Crippen LogP contribution < -0.4 is 15.7 Å². The average molecular weight is 428 g/mol. The van der Waals surface area contributed by atoms with Gasteiger partial charge in [-0.2, -0.15) is 0 Å². The van der Waals surface area contributed by atoms with Crippen molar-refractivity contribution in [2.75, 3.05) is 5.32 Å². The van der Waals surface area contributed by atoms with E-state index in [9.17, 15) is 18.0 Å². The summed E-state index contributed by atoms with van der Waals surface area (Å²) in [6.45, 7) is 0.186. The van der Waals surface area contributed by atoms with E-state index in [1.807, 2.05) is 17.5 Å². The SMILES string of the molecule is O=C(Nc1ccc2[nH]c(=O)[nH]c2c1)c1cccc(S(=O)(=O)NCc2cccs2)c1. The summed E-state index contributed by atoms with van der Waals surface area (Å²) in [4.78, 5) is 30.1. The molecule has 0 bridgehead atoms. The van der Waals surface area contributed by atoms with Gasteiger partial charge in [0.05, 0.1) is 15.9 Å². The van der Waals surface area contributed by atoms with Crippen LogP contribution in [0.4, 0.5) is 5.69 Å². The molecule has 2 aromatic heterocycles. The number of imidazole rings is 1. The van der Waals surface area contributed by atoms with Crippen molar-refractivity contribution in [1.29, 1.82) is 0 Å². The minimum Gasteiger partial charge on any atom is -0.322 e. The highest BCUT2D eigenvalue weighted by molar-refractivity contribution is 7.89. The molecular formula is C19H16N4O4S2. The maximum absolute atomic E-state index is 12.6. The van der Waals surface area contributed by atoms with Crippen molar-refractivity contribution in [1.82, 2.24) is 14.7 Å². The molecule has 4 N–H and O–H groups in total. The van der Waals surface area contributed by atoms with Crippen LogP contribution in [0.2, 0.25) is 0 Å². The van der Waals surface area contributed by atoms with Gasteiger partial charge in [-0.3, -0.25) is 4.79 Å². The summed E-state index contributed by atoms with van der Waals surface area (Å²) in [5, 5.41) is 4.57. The molecular weight excluding hydrogens is 412 g/mol. The first-order valence-corrected chi connectivity index (χ1v) is 10.9. The van der Waals surface area contributed by atoms with Gasteiger partial charge in [0.15, 0.2) is 0 Å². The predicted molar refractivity (Wildman–Crippen MR) is 112 cm³/mol. The molecule has 0 unspecified atom stereocenters. The molecule has 4 rings (SSSR count). The van der Waals surface area contributed by atoms with E-state index in [0.29, 0.717) is 16.7 Å². The summed E-state index contributed by atoms with van der Waals surface area (Å²) in [5.41, 5.74) is 1.52. The van der Waals surface area contributed by atoms with Gasteiger partial charge in [0.25, 0.3) is 5.91 Å². The van der Waals surface area contributed by atoms with Crippen LogP contribution in [0.5, 0.6) is 0 Å². The van der Waals surface area contributed by atoms with Crippen LogP contribution in [-0.2, 0) is 16.6 Å². The summed E-state index contributed by atoms with van der Waals surface area (Å²) in [7, 11) is -3.76. The predicted octanol–water partition coefficient (Wildman–Crippen LogP) is 2.65. The highest BCUT2D eigenvalue weighted by atomic mass is 32.2. The molecule has 0 radical (unpaired) electrons. The van der Waals surface area contributed by atoms with Crippen LogP contribution in [0.25, 0.3) is 11.0 Å². The number of hydrogen-bond acceptors (Lipinski definition) is 5. The molecule has 148 valence electrons. The Morgan fingerprint density at radius 1 is 1.00 bits per heavy atom. The number of sulfonamides is 1. The largest absolute Gasteiger partial charge is 0.323 e. The molecule has 10 heteroatoms. The molecule has 0 saturated carbocycles. The summed E-state index contributed by atoms with van der Waals surface area (Å²) in [6, 6.07) is 14.4. The van der Waals surface area contributed by atoms with Crippen LogP contribution in [0.15, 0.2) is 69.7 Å². The molecule has 8 nitrogen and oxygen atoms in total. The maximum atomic E-state index is 12.6. The number of nitrogens with one attached hydrogen (secondary N) is 4. The number of anilines is 1. The zero-order chi connectivity index (χ0) is 20.4. The zero-order valence-corrected chi connectivity index (χ0v) is 16.6. The van der Waals surface area contributed by atoms with E-state index in [1.54, 1.807) is 18.2 Å². The van der Waals surface area contributed by atoms with Crippen molar-refractivity contribution in [2.45, 2.75) is 11.4 Å². The van der Waals surface area contributed by atoms with Crippen LogP contribution in [0.3, 0.4) is 0 Å². The van der Waals surface area contributed by atoms with Gasteiger partial charge in [-0.1, -0.05) is 12.1 Å². The molecule has 29 heavy (non-hydrogen) atoms. The fourth-order valence-electron chi connectivity index (χ4n) is 2.78. The molecule has 0 aliphatic carbocycles. The van der Waals surface area contributed by atoms with E-state index in [4.69, 9.17) is 0 Å². The van der Waals surface area contributed by atoms with E-state index < -0.39 is 15.9 Å². The molecule has 2 heterocycles. The van der Waals surface area contributed by atoms with E-state index in [1.165, 1.54) is 35.6 Å². The summed E-state index contributed by atoms with van der Waals surface area (Å²) >= 11 is 1.45. The van der Waals surface area contributed by atoms with E-state index >= 15 is 0 Å². The van der Waals surface area contributed by atoms with Gasteiger partial charge >= 0.3 is 5.69 Å². The topological polar surface area (TPSA) is 124 Å². The number of aromatic amines is 2. The lowest BCUT2D eigenvalue weighted by Crippen LogP contribution is -2.23. The average Bonchev–Trinajstić information content (AvgIpc) is 3.35. The van der Waals surface area contributed by atoms with Gasteiger partial charge in [0.2, 0.25) is 10.0 Å². The number of fused-ring (bicyclic) bond motifs is 1. The van der Waals surface area contributed by atoms with Crippen molar-refractivity contribution >= 4 is 44.0 Å². The van der Waals surface area contributed by atoms with Crippen molar-refractivity contribution in [3.63, 3.8) is 0 Å². The van der Waals surface area contributed by atoms with Gasteiger partial charge < -0.3 is 15.3 Å². The van der Waals surface area contributed by atoms with Gasteiger partial charge in [0, 0.05) is 22.7 Å². The number of carbonyl (C=O) groups is 1. The molecule has 0 aliphatic heterocycles. The number of H-pyrrole nitrogens is 2. The Kier molecular flexibility index (Phi) is 5.05. The van der Waals surface area contributed by atoms with Crippen molar-refractivity contribution in [3.8, 4) is 0 Å². The van der Waals surface area contributed by atoms with Crippen LogP contribution in [-0.4, -0.2) is 24.3 Å². The zero-order valence-electron chi connectivity index (χ0n) is 14.9. The molecule has 1 amide bonds. The molecule has 4 aromatic rings. The van der Waals surface area contributed by atoms with Crippen LogP contribution in [0, 0.1) is 0 Å². The second-order valence-electron chi connectivity index (χ2n) is 6.23. The smallest absolute Gasteiger partial charge is 0.322 e. The molecule has 0 atom stereocenters. The Labute approximate surface area is 169 Å². The Hall–Kier alpha value is -3.21. The molecule has 0 saturated heterocycles. The third kappa shape index (κ3) is 4.29. The first-order chi connectivity index (χ1) is 13.9. The number of amides is 1. The van der Waals surface area contributed by atoms with Crippen LogP contribution >= 0.6 is 11.3 Å². The second-order valence-corrected chi connectivity index (χ2v) is 9.02. The minimum absolute atomic E-state index is 0.00660. The lowest BCUT2D eigenvalue weighted by molar-refractivity contribution is 0.102. The number of carbonyl (C=O) groups excluding carboxylic acids is 1. The van der Waals surface area contributed by atoms with E-state index in [2.05, 4.69) is 20.0 Å². The third-order valence-electron chi connectivity index (χ3n) is 4.20. The number of thiophene rings is 1. The summed E-state index contributed by atoms with van der Waals surface area (Å²) in [5.74, 6) is -0.461. The van der Waals surface area contributed by atoms with E-state index in [-0.39, 0.29) is 22.7 Å². The standard InChI is InChI=1S/C19H16N4O4S2/c24-18(21-13-6-7-16-17(10-13)23-19(25)22-16)12-3-1-5-15(9-12)29(26,27)20-11-14-4-2-8-28-14/h1-10,20H,11H2,(H,21,24)(H2,22,23,25). The molecule has 0 spiro atoms. The van der Waals surface area contributed by atoms with Crippen LogP contribution in [0.1, 0.15) is 15.2 Å².